The van der Waals surface area contributed by atoms with E-state index in [4.69, 9.17) is 10.5 Å². The van der Waals surface area contributed by atoms with Gasteiger partial charge < -0.3 is 15.6 Å². The van der Waals surface area contributed by atoms with E-state index in [1.54, 1.807) is 12.3 Å². The Kier molecular flexibility index (Phi) is 5.46. The Morgan fingerprint density at radius 3 is 2.63 bits per heavy atom. The molecule has 1 aliphatic heterocycles. The fourth-order valence-electron chi connectivity index (χ4n) is 3.42. The number of allylic oxidation sites excluding steroid dienone is 1. The molecule has 6 heteroatoms. The number of nitrogens with two attached hydrogens (primary N) is 1. The molecule has 5 nitrogen and oxygen atoms in total. The number of halogens is 1. The molecule has 148 valence electrons. The van der Waals surface area contributed by atoms with Crippen LogP contribution in [0.4, 0.5) is 5.69 Å². The zero-order chi connectivity index (χ0) is 21.3. The number of hydrogen-bond donors (Lipinski definition) is 2. The second kappa shape index (κ2) is 8.20. The van der Waals surface area contributed by atoms with Gasteiger partial charge in [-0.25, -0.2) is 0 Å². The maximum absolute atomic E-state index is 10.5. The van der Waals surface area contributed by atoms with Crippen molar-refractivity contribution in [1.29, 1.82) is 5.26 Å². The maximum atomic E-state index is 10.5. The third-order valence-electron chi connectivity index (χ3n) is 4.93. The largest absolute Gasteiger partial charge is 0.507 e. The first-order valence-electron chi connectivity index (χ1n) is 9.27. The van der Waals surface area contributed by atoms with E-state index >= 15 is 0 Å². The molecule has 0 saturated carbocycles. The standard InChI is InChI=1S/C24H18IN3O2/c1-14-5-7-18(8-6-14)28-13-16-10-19-22(11-21(16)29)30-24(27)20(12-26)23(19)15-3-2-4-17(25)9-15/h2-11,13,23,29H,27H2,1H3/t23-/m0/s1. The van der Waals surface area contributed by atoms with Crippen molar-refractivity contribution in [2.45, 2.75) is 12.8 Å². The molecule has 3 aromatic rings. The van der Waals surface area contributed by atoms with Crippen molar-refractivity contribution in [2.75, 3.05) is 0 Å². The van der Waals surface area contributed by atoms with Gasteiger partial charge in [0.2, 0.25) is 5.88 Å². The van der Waals surface area contributed by atoms with Gasteiger partial charge in [-0.2, -0.15) is 5.26 Å². The minimum atomic E-state index is -0.388. The van der Waals surface area contributed by atoms with Crippen LogP contribution in [0.3, 0.4) is 0 Å². The van der Waals surface area contributed by atoms with Crippen molar-refractivity contribution in [3.8, 4) is 17.6 Å². The van der Waals surface area contributed by atoms with E-state index in [0.29, 0.717) is 16.9 Å². The van der Waals surface area contributed by atoms with Crippen LogP contribution in [0.2, 0.25) is 0 Å². The lowest BCUT2D eigenvalue weighted by Crippen LogP contribution is -2.21. The summed E-state index contributed by atoms with van der Waals surface area (Å²) in [6, 6.07) is 21.2. The van der Waals surface area contributed by atoms with Crippen molar-refractivity contribution in [2.24, 2.45) is 10.7 Å². The molecule has 0 aromatic heterocycles. The van der Waals surface area contributed by atoms with Crippen LogP contribution in [0, 0.1) is 21.8 Å². The Morgan fingerprint density at radius 1 is 1.17 bits per heavy atom. The molecular weight excluding hydrogens is 489 g/mol. The number of hydrogen-bond acceptors (Lipinski definition) is 5. The van der Waals surface area contributed by atoms with Crippen molar-refractivity contribution in [3.05, 3.63) is 97.9 Å². The highest BCUT2D eigenvalue weighted by Gasteiger charge is 2.31. The van der Waals surface area contributed by atoms with Gasteiger partial charge in [0.25, 0.3) is 0 Å². The highest BCUT2D eigenvalue weighted by molar-refractivity contribution is 14.1. The minimum absolute atomic E-state index is 0.0270. The summed E-state index contributed by atoms with van der Waals surface area (Å²) < 4.78 is 6.71. The number of aliphatic imine (C=N–C) groups is 1. The number of rotatable bonds is 3. The molecule has 0 saturated heterocycles. The van der Waals surface area contributed by atoms with E-state index in [0.717, 1.165) is 25.9 Å². The lowest BCUT2D eigenvalue weighted by molar-refractivity contribution is 0.388. The summed E-state index contributed by atoms with van der Waals surface area (Å²) in [7, 11) is 0. The average molecular weight is 507 g/mol. The fourth-order valence-corrected chi connectivity index (χ4v) is 3.99. The highest BCUT2D eigenvalue weighted by atomic mass is 127. The van der Waals surface area contributed by atoms with Crippen LogP contribution in [0.25, 0.3) is 0 Å². The smallest absolute Gasteiger partial charge is 0.205 e. The first-order chi connectivity index (χ1) is 14.5. The third kappa shape index (κ3) is 3.89. The van der Waals surface area contributed by atoms with Gasteiger partial charge >= 0.3 is 0 Å². The van der Waals surface area contributed by atoms with Gasteiger partial charge in [-0.05, 0) is 65.4 Å². The lowest BCUT2D eigenvalue weighted by atomic mass is 9.83. The summed E-state index contributed by atoms with van der Waals surface area (Å²) in [5.41, 5.74) is 10.5. The van der Waals surface area contributed by atoms with Crippen LogP contribution in [0.5, 0.6) is 11.5 Å². The van der Waals surface area contributed by atoms with E-state index < -0.39 is 0 Å². The number of phenols is 1. The maximum Gasteiger partial charge on any atom is 0.205 e. The van der Waals surface area contributed by atoms with E-state index in [1.807, 2.05) is 55.5 Å². The average Bonchev–Trinajstić information content (AvgIpc) is 2.72. The Morgan fingerprint density at radius 2 is 1.93 bits per heavy atom. The monoisotopic (exact) mass is 507 g/mol. The molecule has 3 N–H and O–H groups in total. The fraction of sp³-hybridized carbons (Fsp3) is 0.0833. The molecule has 0 unspecified atom stereocenters. The molecule has 1 heterocycles. The van der Waals surface area contributed by atoms with Crippen LogP contribution < -0.4 is 10.5 Å². The Labute approximate surface area is 188 Å². The number of phenolic OH excluding ortho intramolecular Hbond substituents is 1. The van der Waals surface area contributed by atoms with Crippen molar-refractivity contribution >= 4 is 34.5 Å². The normalized spacial score (nSPS) is 15.6. The number of nitrogens with zero attached hydrogens (tertiary/aromatic N) is 2. The first kappa shape index (κ1) is 20.0. The van der Waals surface area contributed by atoms with Gasteiger partial charge in [-0.15, -0.1) is 0 Å². The minimum Gasteiger partial charge on any atom is -0.507 e. The van der Waals surface area contributed by atoms with Crippen molar-refractivity contribution in [3.63, 3.8) is 0 Å². The Balaban J connectivity index is 1.82. The number of fused-ring (bicyclic) bond motifs is 1. The molecule has 0 spiro atoms. The molecule has 1 aliphatic rings. The lowest BCUT2D eigenvalue weighted by Gasteiger charge is -2.27. The summed E-state index contributed by atoms with van der Waals surface area (Å²) in [5.74, 6) is 0.120. The number of benzene rings is 3. The molecular formula is C24H18IN3O2. The van der Waals surface area contributed by atoms with E-state index in [9.17, 15) is 10.4 Å². The summed E-state index contributed by atoms with van der Waals surface area (Å²) in [4.78, 5) is 4.46. The van der Waals surface area contributed by atoms with E-state index in [2.05, 4.69) is 33.7 Å². The second-order valence-electron chi connectivity index (χ2n) is 7.02. The predicted molar refractivity (Wildman–Crippen MR) is 125 cm³/mol. The summed E-state index contributed by atoms with van der Waals surface area (Å²) in [6.07, 6.45) is 1.61. The second-order valence-corrected chi connectivity index (χ2v) is 8.27. The molecule has 0 amide bonds. The zero-order valence-corrected chi connectivity index (χ0v) is 18.3. The van der Waals surface area contributed by atoms with Gasteiger partial charge in [-0.1, -0.05) is 29.8 Å². The molecule has 30 heavy (non-hydrogen) atoms. The molecule has 0 fully saturated rings. The SMILES string of the molecule is Cc1ccc(N=Cc2cc3c(cc2O)OC(N)=C(C#N)[C@H]3c2cccc(I)c2)cc1. The van der Waals surface area contributed by atoms with Crippen LogP contribution in [-0.2, 0) is 0 Å². The highest BCUT2D eigenvalue weighted by Crippen LogP contribution is 2.44. The topological polar surface area (TPSA) is 91.6 Å². The molecule has 0 aliphatic carbocycles. The van der Waals surface area contributed by atoms with Crippen LogP contribution in [0.15, 0.2) is 77.1 Å². The molecule has 0 bridgehead atoms. The summed E-state index contributed by atoms with van der Waals surface area (Å²) >= 11 is 2.24. The summed E-state index contributed by atoms with van der Waals surface area (Å²) in [5, 5.41) is 20.2. The Hall–Kier alpha value is -3.31. The number of aromatic hydroxyl groups is 1. The van der Waals surface area contributed by atoms with Gasteiger partial charge in [0.1, 0.15) is 23.1 Å². The van der Waals surface area contributed by atoms with Gasteiger partial charge in [0, 0.05) is 27.0 Å². The number of nitriles is 1. The molecule has 4 rings (SSSR count). The van der Waals surface area contributed by atoms with Crippen molar-refractivity contribution in [1.82, 2.24) is 0 Å². The first-order valence-corrected chi connectivity index (χ1v) is 10.3. The van der Waals surface area contributed by atoms with Crippen LogP contribution in [0.1, 0.15) is 28.2 Å². The quantitative estimate of drug-likeness (QED) is 0.373. The molecule has 3 aromatic carbocycles. The van der Waals surface area contributed by atoms with Crippen molar-refractivity contribution < 1.29 is 9.84 Å². The van der Waals surface area contributed by atoms with E-state index in [-0.39, 0.29) is 17.6 Å². The molecule has 0 radical (unpaired) electrons. The number of ether oxygens (including phenoxy) is 1. The van der Waals surface area contributed by atoms with Gasteiger partial charge in [-0.3, -0.25) is 4.99 Å². The summed E-state index contributed by atoms with van der Waals surface area (Å²) in [6.45, 7) is 2.01. The predicted octanol–water partition coefficient (Wildman–Crippen LogP) is 5.27. The third-order valence-corrected chi connectivity index (χ3v) is 5.60. The molecule has 1 atom stereocenters. The number of aryl methyl sites for hydroxylation is 1. The Bertz CT molecular complexity index is 1220. The van der Waals surface area contributed by atoms with Gasteiger partial charge in [0.15, 0.2) is 0 Å². The van der Waals surface area contributed by atoms with Crippen LogP contribution in [-0.4, -0.2) is 11.3 Å². The zero-order valence-electron chi connectivity index (χ0n) is 16.1. The van der Waals surface area contributed by atoms with Crippen LogP contribution >= 0.6 is 22.6 Å². The van der Waals surface area contributed by atoms with E-state index in [1.165, 1.54) is 6.07 Å². The van der Waals surface area contributed by atoms with Gasteiger partial charge in [0.05, 0.1) is 11.6 Å².